The van der Waals surface area contributed by atoms with Gasteiger partial charge in [-0.25, -0.2) is 9.97 Å². The quantitative estimate of drug-likeness (QED) is 0.852. The van der Waals surface area contributed by atoms with Crippen LogP contribution < -0.4 is 4.90 Å². The largest absolute Gasteiger partial charge is 0.375 e. The highest BCUT2D eigenvalue weighted by molar-refractivity contribution is 7.19. The molecule has 1 aliphatic heterocycles. The number of aromatic nitrogens is 2. The zero-order valence-corrected chi connectivity index (χ0v) is 12.6. The molecule has 0 radical (unpaired) electrons. The van der Waals surface area contributed by atoms with Crippen LogP contribution in [0, 0.1) is 0 Å². The molecule has 5 heteroatoms. The van der Waals surface area contributed by atoms with Crippen molar-refractivity contribution in [3.05, 3.63) is 16.8 Å². The van der Waals surface area contributed by atoms with Crippen LogP contribution in [0.4, 0.5) is 5.82 Å². The molecule has 0 bridgehead atoms. The Balaban J connectivity index is 1.79. The molecule has 3 heterocycles. The number of anilines is 1. The summed E-state index contributed by atoms with van der Waals surface area (Å²) in [7, 11) is 0. The van der Waals surface area contributed by atoms with Crippen molar-refractivity contribution in [1.29, 1.82) is 0 Å². The van der Waals surface area contributed by atoms with Crippen LogP contribution >= 0.6 is 11.3 Å². The van der Waals surface area contributed by atoms with Gasteiger partial charge in [0.15, 0.2) is 0 Å². The Bertz CT molecular complexity index is 639. The van der Waals surface area contributed by atoms with Gasteiger partial charge in [-0.3, -0.25) is 0 Å². The fourth-order valence-corrected chi connectivity index (χ4v) is 4.53. The van der Waals surface area contributed by atoms with E-state index >= 15 is 0 Å². The standard InChI is InChI=1S/C15H19N3OS/c1-2-10-8-18(6-7-19-10)14-13-11-4-3-5-12(11)20-15(13)17-9-16-14/h9-10H,2-8H2,1H3. The molecule has 0 amide bonds. The van der Waals surface area contributed by atoms with Crippen LogP contribution in [0.25, 0.3) is 10.2 Å². The molecule has 1 aliphatic carbocycles. The van der Waals surface area contributed by atoms with Gasteiger partial charge in [-0.1, -0.05) is 6.92 Å². The van der Waals surface area contributed by atoms with Gasteiger partial charge >= 0.3 is 0 Å². The molecule has 0 spiro atoms. The number of nitrogens with zero attached hydrogens (tertiary/aromatic N) is 3. The minimum Gasteiger partial charge on any atom is -0.375 e. The summed E-state index contributed by atoms with van der Waals surface area (Å²) in [5.41, 5.74) is 1.51. The van der Waals surface area contributed by atoms with Gasteiger partial charge in [0.25, 0.3) is 0 Å². The summed E-state index contributed by atoms with van der Waals surface area (Å²) >= 11 is 1.86. The van der Waals surface area contributed by atoms with Crippen molar-refractivity contribution in [2.75, 3.05) is 24.6 Å². The minimum atomic E-state index is 0.334. The molecule has 1 fully saturated rings. The molecule has 106 valence electrons. The Kier molecular flexibility index (Phi) is 3.11. The lowest BCUT2D eigenvalue weighted by molar-refractivity contribution is 0.0382. The first-order chi connectivity index (χ1) is 9.86. The highest BCUT2D eigenvalue weighted by Crippen LogP contribution is 2.40. The summed E-state index contributed by atoms with van der Waals surface area (Å²) in [5, 5.41) is 1.32. The van der Waals surface area contributed by atoms with Gasteiger partial charge in [0.2, 0.25) is 0 Å². The summed E-state index contributed by atoms with van der Waals surface area (Å²) in [4.78, 5) is 14.2. The molecule has 1 atom stereocenters. The van der Waals surface area contributed by atoms with E-state index in [1.807, 2.05) is 11.3 Å². The number of aryl methyl sites for hydroxylation is 2. The smallest absolute Gasteiger partial charge is 0.141 e. The second kappa shape index (κ2) is 4.97. The van der Waals surface area contributed by atoms with Gasteiger partial charge < -0.3 is 9.64 Å². The van der Waals surface area contributed by atoms with Crippen LogP contribution in [-0.4, -0.2) is 35.8 Å². The van der Waals surface area contributed by atoms with Gasteiger partial charge in [-0.2, -0.15) is 0 Å². The molecule has 2 aromatic rings. The first kappa shape index (κ1) is 12.5. The average molecular weight is 289 g/mol. The molecule has 0 aromatic carbocycles. The minimum absolute atomic E-state index is 0.334. The average Bonchev–Trinajstić information content (AvgIpc) is 3.07. The predicted molar refractivity (Wildman–Crippen MR) is 81.7 cm³/mol. The highest BCUT2D eigenvalue weighted by Gasteiger charge is 2.26. The third kappa shape index (κ3) is 1.91. The van der Waals surface area contributed by atoms with E-state index in [-0.39, 0.29) is 0 Å². The summed E-state index contributed by atoms with van der Waals surface area (Å²) in [6.45, 7) is 4.88. The molecule has 0 N–H and O–H groups in total. The Morgan fingerprint density at radius 2 is 2.35 bits per heavy atom. The summed E-state index contributed by atoms with van der Waals surface area (Å²) in [6, 6.07) is 0. The first-order valence-electron chi connectivity index (χ1n) is 7.48. The second-order valence-corrected chi connectivity index (χ2v) is 6.67. The van der Waals surface area contributed by atoms with Crippen molar-refractivity contribution in [3.63, 3.8) is 0 Å². The Morgan fingerprint density at radius 3 is 3.25 bits per heavy atom. The van der Waals surface area contributed by atoms with Crippen molar-refractivity contribution in [1.82, 2.24) is 9.97 Å². The van der Waals surface area contributed by atoms with Crippen molar-refractivity contribution in [3.8, 4) is 0 Å². The molecule has 4 rings (SSSR count). The van der Waals surface area contributed by atoms with E-state index in [0.717, 1.165) is 31.9 Å². The van der Waals surface area contributed by atoms with Crippen molar-refractivity contribution in [2.24, 2.45) is 0 Å². The van der Waals surface area contributed by atoms with E-state index in [9.17, 15) is 0 Å². The maximum absolute atomic E-state index is 5.78. The SMILES string of the molecule is CCC1CN(c2ncnc3sc4c(c23)CCC4)CCO1. The zero-order valence-electron chi connectivity index (χ0n) is 11.8. The monoisotopic (exact) mass is 289 g/mol. The molecule has 20 heavy (non-hydrogen) atoms. The molecule has 2 aromatic heterocycles. The molecule has 2 aliphatic rings. The van der Waals surface area contributed by atoms with Gasteiger partial charge in [-0.15, -0.1) is 11.3 Å². The number of morpholine rings is 1. The van der Waals surface area contributed by atoms with Crippen molar-refractivity contribution < 1.29 is 4.74 Å². The summed E-state index contributed by atoms with van der Waals surface area (Å²) in [6.07, 6.45) is 6.81. The van der Waals surface area contributed by atoms with Crippen molar-refractivity contribution in [2.45, 2.75) is 38.7 Å². The first-order valence-corrected chi connectivity index (χ1v) is 8.30. The van der Waals surface area contributed by atoms with E-state index in [1.165, 1.54) is 39.9 Å². The van der Waals surface area contributed by atoms with Crippen LogP contribution in [0.1, 0.15) is 30.2 Å². The van der Waals surface area contributed by atoms with Crippen LogP contribution in [0.2, 0.25) is 0 Å². The summed E-state index contributed by atoms with van der Waals surface area (Å²) < 4.78 is 5.78. The Labute approximate surface area is 122 Å². The number of thiophene rings is 1. The summed E-state index contributed by atoms with van der Waals surface area (Å²) in [5.74, 6) is 1.14. The van der Waals surface area contributed by atoms with E-state index in [4.69, 9.17) is 4.74 Å². The lowest BCUT2D eigenvalue weighted by Crippen LogP contribution is -2.42. The molecule has 4 nitrogen and oxygen atoms in total. The van der Waals surface area contributed by atoms with Gasteiger partial charge in [-0.05, 0) is 31.2 Å². The lowest BCUT2D eigenvalue weighted by Gasteiger charge is -2.33. The van der Waals surface area contributed by atoms with E-state index in [1.54, 1.807) is 6.33 Å². The Hall–Kier alpha value is -1.20. The van der Waals surface area contributed by atoms with Crippen LogP contribution in [0.5, 0.6) is 0 Å². The van der Waals surface area contributed by atoms with E-state index in [0.29, 0.717) is 6.10 Å². The topological polar surface area (TPSA) is 38.2 Å². The van der Waals surface area contributed by atoms with Gasteiger partial charge in [0.05, 0.1) is 18.1 Å². The maximum Gasteiger partial charge on any atom is 0.141 e. The highest BCUT2D eigenvalue weighted by atomic mass is 32.1. The zero-order chi connectivity index (χ0) is 13.5. The normalized spacial score (nSPS) is 22.4. The number of hydrogen-bond donors (Lipinski definition) is 0. The molecule has 1 unspecified atom stereocenters. The van der Waals surface area contributed by atoms with Crippen LogP contribution in [0.15, 0.2) is 6.33 Å². The fraction of sp³-hybridized carbons (Fsp3) is 0.600. The van der Waals surface area contributed by atoms with E-state index in [2.05, 4.69) is 21.8 Å². The number of hydrogen-bond acceptors (Lipinski definition) is 5. The molecule has 0 saturated carbocycles. The lowest BCUT2D eigenvalue weighted by atomic mass is 10.1. The third-order valence-electron chi connectivity index (χ3n) is 4.37. The van der Waals surface area contributed by atoms with Crippen LogP contribution in [0.3, 0.4) is 0 Å². The second-order valence-electron chi connectivity index (χ2n) is 5.58. The molecular weight excluding hydrogens is 270 g/mol. The number of ether oxygens (including phenoxy) is 1. The fourth-order valence-electron chi connectivity index (χ4n) is 3.31. The third-order valence-corrected chi connectivity index (χ3v) is 5.57. The predicted octanol–water partition coefficient (Wildman–Crippen LogP) is 2.80. The van der Waals surface area contributed by atoms with Crippen molar-refractivity contribution >= 4 is 27.4 Å². The Morgan fingerprint density at radius 1 is 1.40 bits per heavy atom. The van der Waals surface area contributed by atoms with E-state index < -0.39 is 0 Å². The number of fused-ring (bicyclic) bond motifs is 3. The van der Waals surface area contributed by atoms with Crippen LogP contribution in [-0.2, 0) is 17.6 Å². The molecule has 1 saturated heterocycles. The van der Waals surface area contributed by atoms with Gasteiger partial charge in [0, 0.05) is 18.0 Å². The van der Waals surface area contributed by atoms with Gasteiger partial charge in [0.1, 0.15) is 17.0 Å². The molecular formula is C15H19N3OS. The maximum atomic E-state index is 5.78. The number of rotatable bonds is 2.